The molecule has 6 heteroatoms. The van der Waals surface area contributed by atoms with Crippen LogP contribution < -0.4 is 4.74 Å². The van der Waals surface area contributed by atoms with Gasteiger partial charge in [0, 0.05) is 6.42 Å². The minimum atomic E-state index is -4.55. The average molecular weight is 280 g/mol. The first kappa shape index (κ1) is 14.1. The second-order valence-corrected chi connectivity index (χ2v) is 4.65. The Hall–Kier alpha value is -1.33. The van der Waals surface area contributed by atoms with E-state index in [1.165, 1.54) is 12.1 Å². The average Bonchev–Trinajstić information content (AvgIpc) is 2.93. The number of alkyl halides is 5. The van der Waals surface area contributed by atoms with Crippen molar-refractivity contribution in [2.75, 3.05) is 6.61 Å². The zero-order valence-corrected chi connectivity index (χ0v) is 10.2. The lowest BCUT2D eigenvalue weighted by atomic mass is 10.1. The number of aryl methyl sites for hydroxylation is 1. The van der Waals surface area contributed by atoms with Gasteiger partial charge in [0.25, 0.3) is 5.92 Å². The Morgan fingerprint density at radius 2 is 1.95 bits per heavy atom. The van der Waals surface area contributed by atoms with E-state index in [0.29, 0.717) is 12.0 Å². The quantitative estimate of drug-likeness (QED) is 0.747. The Kier molecular flexibility index (Phi) is 3.45. The summed E-state index contributed by atoms with van der Waals surface area (Å²) in [6.07, 6.45) is -4.40. The third-order valence-corrected chi connectivity index (χ3v) is 3.15. The lowest BCUT2D eigenvalue weighted by Gasteiger charge is -2.15. The fraction of sp³-hybridized carbons (Fsp3) is 0.538. The van der Waals surface area contributed by atoms with Gasteiger partial charge in [-0.25, -0.2) is 8.78 Å². The molecule has 0 bridgehead atoms. The molecule has 1 unspecified atom stereocenters. The van der Waals surface area contributed by atoms with Gasteiger partial charge in [0.05, 0.1) is 18.1 Å². The lowest BCUT2D eigenvalue weighted by Crippen LogP contribution is -2.12. The number of hydrogen-bond acceptors (Lipinski definition) is 1. The van der Waals surface area contributed by atoms with Crippen LogP contribution in [0.15, 0.2) is 18.2 Å². The molecule has 1 aromatic carbocycles. The number of hydrogen-bond donors (Lipinski definition) is 0. The summed E-state index contributed by atoms with van der Waals surface area (Å²) in [6.45, 7) is 1.35. The monoisotopic (exact) mass is 280 g/mol. The molecule has 0 amide bonds. The van der Waals surface area contributed by atoms with Crippen LogP contribution in [0.2, 0.25) is 0 Å². The molecule has 106 valence electrons. The summed E-state index contributed by atoms with van der Waals surface area (Å²) >= 11 is 0. The third-order valence-electron chi connectivity index (χ3n) is 3.15. The lowest BCUT2D eigenvalue weighted by molar-refractivity contribution is -0.139. The molecular weight excluding hydrogens is 267 g/mol. The molecule has 1 atom stereocenters. The fourth-order valence-electron chi connectivity index (χ4n) is 1.79. The molecule has 1 fully saturated rings. The Balaban J connectivity index is 2.15. The zero-order valence-electron chi connectivity index (χ0n) is 10.2. The number of benzene rings is 1. The second-order valence-electron chi connectivity index (χ2n) is 4.65. The normalized spacial score (nSPS) is 21.3. The van der Waals surface area contributed by atoms with Crippen molar-refractivity contribution in [3.05, 3.63) is 29.3 Å². The smallest absolute Gasteiger partial charge is 0.419 e. The summed E-state index contributed by atoms with van der Waals surface area (Å²) in [5.74, 6) is -4.14. The Labute approximate surface area is 107 Å². The van der Waals surface area contributed by atoms with Gasteiger partial charge < -0.3 is 4.74 Å². The van der Waals surface area contributed by atoms with Gasteiger partial charge in [0.1, 0.15) is 5.75 Å². The molecule has 0 heterocycles. The van der Waals surface area contributed by atoms with Crippen molar-refractivity contribution < 1.29 is 26.7 Å². The highest BCUT2D eigenvalue weighted by Gasteiger charge is 2.57. The third kappa shape index (κ3) is 3.16. The first-order valence-corrected chi connectivity index (χ1v) is 5.95. The predicted octanol–water partition coefficient (Wildman–Crippen LogP) is 4.30. The van der Waals surface area contributed by atoms with Crippen LogP contribution in [-0.2, 0) is 12.6 Å². The first-order valence-electron chi connectivity index (χ1n) is 5.95. The molecule has 1 aliphatic rings. The molecule has 0 aliphatic heterocycles. The largest absolute Gasteiger partial charge is 0.492 e. The minimum absolute atomic E-state index is 0.318. The van der Waals surface area contributed by atoms with E-state index in [9.17, 15) is 22.0 Å². The van der Waals surface area contributed by atoms with Crippen LogP contribution in [0.4, 0.5) is 22.0 Å². The highest BCUT2D eigenvalue weighted by molar-refractivity contribution is 5.39. The van der Waals surface area contributed by atoms with Crippen LogP contribution in [0.3, 0.4) is 0 Å². The molecule has 0 saturated heterocycles. The van der Waals surface area contributed by atoms with Crippen LogP contribution >= 0.6 is 0 Å². The summed E-state index contributed by atoms with van der Waals surface area (Å²) in [4.78, 5) is 0. The number of ether oxygens (including phenoxy) is 1. The molecule has 0 N–H and O–H groups in total. The molecule has 0 radical (unpaired) electrons. The van der Waals surface area contributed by atoms with Crippen LogP contribution in [-0.4, -0.2) is 12.5 Å². The van der Waals surface area contributed by atoms with E-state index in [0.717, 1.165) is 6.07 Å². The van der Waals surface area contributed by atoms with E-state index < -0.39 is 23.6 Å². The molecule has 19 heavy (non-hydrogen) atoms. The van der Waals surface area contributed by atoms with E-state index in [1.807, 2.05) is 0 Å². The molecule has 2 rings (SSSR count). The fourth-order valence-corrected chi connectivity index (χ4v) is 1.79. The molecule has 1 saturated carbocycles. The van der Waals surface area contributed by atoms with Crippen LogP contribution in [0, 0.1) is 5.92 Å². The van der Waals surface area contributed by atoms with Gasteiger partial charge in [0.2, 0.25) is 0 Å². The van der Waals surface area contributed by atoms with Gasteiger partial charge >= 0.3 is 6.18 Å². The van der Waals surface area contributed by atoms with Gasteiger partial charge in [0.15, 0.2) is 0 Å². The molecule has 0 aromatic heterocycles. The van der Waals surface area contributed by atoms with Gasteiger partial charge in [-0.2, -0.15) is 13.2 Å². The molecule has 0 spiro atoms. The summed E-state index contributed by atoms with van der Waals surface area (Å²) < 4.78 is 68.7. The Morgan fingerprint density at radius 1 is 1.32 bits per heavy atom. The summed E-state index contributed by atoms with van der Waals surface area (Å²) in [5.41, 5.74) is -0.382. The second kappa shape index (κ2) is 4.65. The van der Waals surface area contributed by atoms with Gasteiger partial charge in [-0.15, -0.1) is 0 Å². The van der Waals surface area contributed by atoms with Gasteiger partial charge in [-0.05, 0) is 24.1 Å². The molecular formula is C13H13F5O. The van der Waals surface area contributed by atoms with Crippen molar-refractivity contribution in [3.8, 4) is 5.75 Å². The standard InChI is InChI=1S/C13H13F5O/c1-2-8-3-4-11(10(5-8)13(16,17)18)19-7-9-6-12(9,14)15/h3-5,9H,2,6-7H2,1H3. The maximum atomic E-state index is 12.8. The minimum Gasteiger partial charge on any atom is -0.492 e. The van der Waals surface area contributed by atoms with Crippen LogP contribution in [0.25, 0.3) is 0 Å². The van der Waals surface area contributed by atoms with Crippen molar-refractivity contribution in [2.45, 2.75) is 31.9 Å². The highest BCUT2D eigenvalue weighted by Crippen LogP contribution is 2.49. The number of halogens is 5. The Bertz CT molecular complexity index is 467. The predicted molar refractivity (Wildman–Crippen MR) is 59.4 cm³/mol. The van der Waals surface area contributed by atoms with E-state index in [4.69, 9.17) is 4.74 Å². The van der Waals surface area contributed by atoms with E-state index in [2.05, 4.69) is 0 Å². The molecule has 1 aromatic rings. The molecule has 1 aliphatic carbocycles. The van der Waals surface area contributed by atoms with E-state index >= 15 is 0 Å². The van der Waals surface area contributed by atoms with E-state index in [1.54, 1.807) is 6.92 Å². The van der Waals surface area contributed by atoms with Crippen molar-refractivity contribution in [2.24, 2.45) is 5.92 Å². The molecule has 1 nitrogen and oxygen atoms in total. The maximum Gasteiger partial charge on any atom is 0.419 e. The maximum absolute atomic E-state index is 12.8. The van der Waals surface area contributed by atoms with Gasteiger partial charge in [-0.1, -0.05) is 13.0 Å². The van der Waals surface area contributed by atoms with E-state index in [-0.39, 0.29) is 18.8 Å². The zero-order chi connectivity index (χ0) is 14.3. The van der Waals surface area contributed by atoms with Crippen molar-refractivity contribution in [1.29, 1.82) is 0 Å². The SMILES string of the molecule is CCc1ccc(OCC2CC2(F)F)c(C(F)(F)F)c1. The highest BCUT2D eigenvalue weighted by atomic mass is 19.4. The first-order chi connectivity index (χ1) is 8.74. The van der Waals surface area contributed by atoms with Crippen LogP contribution in [0.1, 0.15) is 24.5 Å². The summed E-state index contributed by atoms with van der Waals surface area (Å²) in [6, 6.07) is 3.71. The van der Waals surface area contributed by atoms with Crippen molar-refractivity contribution >= 4 is 0 Å². The van der Waals surface area contributed by atoms with Crippen molar-refractivity contribution in [1.82, 2.24) is 0 Å². The number of rotatable bonds is 4. The summed E-state index contributed by atoms with van der Waals surface area (Å²) in [5, 5.41) is 0. The van der Waals surface area contributed by atoms with Crippen LogP contribution in [0.5, 0.6) is 5.75 Å². The van der Waals surface area contributed by atoms with Gasteiger partial charge in [-0.3, -0.25) is 0 Å². The Morgan fingerprint density at radius 3 is 2.42 bits per heavy atom. The van der Waals surface area contributed by atoms with Crippen molar-refractivity contribution in [3.63, 3.8) is 0 Å². The summed E-state index contributed by atoms with van der Waals surface area (Å²) in [7, 11) is 0. The topological polar surface area (TPSA) is 9.23 Å².